The highest BCUT2D eigenvalue weighted by molar-refractivity contribution is 5.63. The van der Waals surface area contributed by atoms with Gasteiger partial charge in [-0.25, -0.2) is 8.78 Å². The summed E-state index contributed by atoms with van der Waals surface area (Å²) in [4.78, 5) is 10.3. The lowest BCUT2D eigenvalue weighted by Gasteiger charge is -2.09. The molecule has 0 aliphatic rings. The second-order valence-electron chi connectivity index (χ2n) is 4.68. The average molecular weight is 292 g/mol. The molecule has 110 valence electrons. The molecule has 6 heteroatoms. The Labute approximate surface area is 120 Å². The van der Waals surface area contributed by atoms with Crippen LogP contribution in [0.3, 0.4) is 0 Å². The first-order chi connectivity index (χ1) is 9.97. The first-order valence-electron chi connectivity index (χ1n) is 6.40. The van der Waals surface area contributed by atoms with Crippen LogP contribution in [0.1, 0.15) is 11.1 Å². The van der Waals surface area contributed by atoms with Crippen LogP contribution in [0.15, 0.2) is 36.4 Å². The Morgan fingerprint density at radius 3 is 2.67 bits per heavy atom. The van der Waals surface area contributed by atoms with Gasteiger partial charge in [0.1, 0.15) is 17.3 Å². The molecule has 1 N–H and O–H groups in total. The van der Waals surface area contributed by atoms with E-state index < -0.39 is 10.7 Å². The number of aryl methyl sites for hydroxylation is 1. The molecule has 0 aliphatic heterocycles. The Hall–Kier alpha value is -2.50. The number of nitrogens with zero attached hydrogens (tertiary/aromatic N) is 1. The number of hydrogen-bond donors (Lipinski definition) is 1. The molecule has 0 saturated heterocycles. The highest BCUT2D eigenvalue weighted by Gasteiger charge is 2.16. The molecule has 0 atom stereocenters. The van der Waals surface area contributed by atoms with Crippen LogP contribution in [0.5, 0.6) is 0 Å². The fourth-order valence-electron chi connectivity index (χ4n) is 2.00. The van der Waals surface area contributed by atoms with Crippen molar-refractivity contribution in [2.75, 3.05) is 11.9 Å². The van der Waals surface area contributed by atoms with Crippen molar-refractivity contribution in [3.05, 3.63) is 69.3 Å². The number of anilines is 1. The van der Waals surface area contributed by atoms with E-state index in [0.29, 0.717) is 18.5 Å². The van der Waals surface area contributed by atoms with E-state index in [1.165, 1.54) is 25.1 Å². The average Bonchev–Trinajstić information content (AvgIpc) is 2.42. The summed E-state index contributed by atoms with van der Waals surface area (Å²) < 4.78 is 26.4. The van der Waals surface area contributed by atoms with Gasteiger partial charge in [-0.1, -0.05) is 12.1 Å². The van der Waals surface area contributed by atoms with Crippen LogP contribution in [0, 0.1) is 28.7 Å². The predicted octanol–water partition coefficient (Wildman–Crippen LogP) is 3.84. The van der Waals surface area contributed by atoms with Crippen molar-refractivity contribution < 1.29 is 13.7 Å². The lowest BCUT2D eigenvalue weighted by atomic mass is 10.1. The Bertz CT molecular complexity index is 675. The van der Waals surface area contributed by atoms with E-state index in [4.69, 9.17) is 0 Å². The standard InChI is InChI=1S/C15H14F2N2O2/c1-10-7-14(15(19(20)21)9-13(10)17)18-6-5-11-3-2-4-12(16)8-11/h2-4,7-9,18H,5-6H2,1H3. The number of halogens is 2. The highest BCUT2D eigenvalue weighted by atomic mass is 19.1. The number of nitro benzene ring substituents is 1. The molecule has 0 aliphatic carbocycles. The minimum absolute atomic E-state index is 0.260. The molecule has 21 heavy (non-hydrogen) atoms. The molecule has 2 aromatic rings. The molecule has 4 nitrogen and oxygen atoms in total. The molecule has 0 bridgehead atoms. The van der Waals surface area contributed by atoms with E-state index in [9.17, 15) is 18.9 Å². The summed E-state index contributed by atoms with van der Waals surface area (Å²) in [5, 5.41) is 13.8. The van der Waals surface area contributed by atoms with Crippen LogP contribution in [-0.2, 0) is 6.42 Å². The smallest absolute Gasteiger partial charge is 0.295 e. The molecule has 0 spiro atoms. The van der Waals surface area contributed by atoms with Crippen molar-refractivity contribution in [3.63, 3.8) is 0 Å². The molecule has 0 unspecified atom stereocenters. The van der Waals surface area contributed by atoms with Crippen LogP contribution >= 0.6 is 0 Å². The maximum absolute atomic E-state index is 13.4. The van der Waals surface area contributed by atoms with E-state index in [0.717, 1.165) is 11.6 Å². The van der Waals surface area contributed by atoms with Gasteiger partial charge in [-0.05, 0) is 42.7 Å². The molecule has 0 radical (unpaired) electrons. The van der Waals surface area contributed by atoms with E-state index >= 15 is 0 Å². The van der Waals surface area contributed by atoms with Gasteiger partial charge in [0.25, 0.3) is 5.69 Å². The monoisotopic (exact) mass is 292 g/mol. The topological polar surface area (TPSA) is 55.2 Å². The van der Waals surface area contributed by atoms with Crippen LogP contribution in [0.4, 0.5) is 20.2 Å². The number of nitro groups is 1. The van der Waals surface area contributed by atoms with Crippen molar-refractivity contribution in [3.8, 4) is 0 Å². The Morgan fingerprint density at radius 1 is 1.24 bits per heavy atom. The number of rotatable bonds is 5. The summed E-state index contributed by atoms with van der Waals surface area (Å²) >= 11 is 0. The van der Waals surface area contributed by atoms with Crippen molar-refractivity contribution in [2.24, 2.45) is 0 Å². The molecule has 0 aromatic heterocycles. The van der Waals surface area contributed by atoms with Gasteiger partial charge < -0.3 is 5.32 Å². The third-order valence-corrected chi connectivity index (χ3v) is 3.09. The predicted molar refractivity (Wildman–Crippen MR) is 76.4 cm³/mol. The van der Waals surface area contributed by atoms with Gasteiger partial charge in [-0.2, -0.15) is 0 Å². The van der Waals surface area contributed by atoms with Crippen molar-refractivity contribution >= 4 is 11.4 Å². The number of nitrogens with one attached hydrogen (secondary N) is 1. The summed E-state index contributed by atoms with van der Waals surface area (Å²) in [6, 6.07) is 8.44. The summed E-state index contributed by atoms with van der Waals surface area (Å²) in [6.07, 6.45) is 0.505. The third-order valence-electron chi connectivity index (χ3n) is 3.09. The van der Waals surface area contributed by atoms with Gasteiger partial charge in [0.2, 0.25) is 0 Å². The fourth-order valence-corrected chi connectivity index (χ4v) is 2.00. The van der Waals surface area contributed by atoms with Gasteiger partial charge in [-0.15, -0.1) is 0 Å². The maximum atomic E-state index is 13.4. The molecule has 2 aromatic carbocycles. The number of hydrogen-bond acceptors (Lipinski definition) is 3. The Morgan fingerprint density at radius 2 is 2.00 bits per heavy atom. The summed E-state index contributed by atoms with van der Waals surface area (Å²) in [6.45, 7) is 1.92. The van der Waals surface area contributed by atoms with E-state index in [1.807, 2.05) is 0 Å². The quantitative estimate of drug-likeness (QED) is 0.673. The summed E-state index contributed by atoms with van der Waals surface area (Å²) in [5.74, 6) is -0.937. The highest BCUT2D eigenvalue weighted by Crippen LogP contribution is 2.27. The second-order valence-corrected chi connectivity index (χ2v) is 4.68. The van der Waals surface area contributed by atoms with Gasteiger partial charge in [0.15, 0.2) is 0 Å². The van der Waals surface area contributed by atoms with E-state index in [-0.39, 0.29) is 17.2 Å². The van der Waals surface area contributed by atoms with Crippen LogP contribution in [0.25, 0.3) is 0 Å². The van der Waals surface area contributed by atoms with Gasteiger partial charge in [0.05, 0.1) is 11.0 Å². The fraction of sp³-hybridized carbons (Fsp3) is 0.200. The largest absolute Gasteiger partial charge is 0.379 e. The lowest BCUT2D eigenvalue weighted by Crippen LogP contribution is -2.08. The van der Waals surface area contributed by atoms with Crippen molar-refractivity contribution in [1.82, 2.24) is 0 Å². The molecular weight excluding hydrogens is 278 g/mol. The minimum Gasteiger partial charge on any atom is -0.379 e. The first-order valence-corrected chi connectivity index (χ1v) is 6.40. The third kappa shape index (κ3) is 3.75. The van der Waals surface area contributed by atoms with Crippen LogP contribution in [0.2, 0.25) is 0 Å². The maximum Gasteiger partial charge on any atom is 0.295 e. The summed E-state index contributed by atoms with van der Waals surface area (Å²) in [7, 11) is 0. The zero-order chi connectivity index (χ0) is 15.4. The Kier molecular flexibility index (Phi) is 4.47. The van der Waals surface area contributed by atoms with Crippen LogP contribution < -0.4 is 5.32 Å². The van der Waals surface area contributed by atoms with Gasteiger partial charge in [-0.3, -0.25) is 10.1 Å². The SMILES string of the molecule is Cc1cc(NCCc2cccc(F)c2)c([N+](=O)[O-])cc1F. The molecular formula is C15H14F2N2O2. The molecule has 0 amide bonds. The number of benzene rings is 2. The lowest BCUT2D eigenvalue weighted by molar-refractivity contribution is -0.384. The first kappa shape index (κ1) is 14.9. The van der Waals surface area contributed by atoms with E-state index in [1.54, 1.807) is 12.1 Å². The normalized spacial score (nSPS) is 10.4. The molecule has 0 fully saturated rings. The zero-order valence-corrected chi connectivity index (χ0v) is 11.4. The van der Waals surface area contributed by atoms with Gasteiger partial charge in [0, 0.05) is 6.54 Å². The van der Waals surface area contributed by atoms with E-state index in [2.05, 4.69) is 5.32 Å². The van der Waals surface area contributed by atoms with Crippen LogP contribution in [-0.4, -0.2) is 11.5 Å². The van der Waals surface area contributed by atoms with Gasteiger partial charge >= 0.3 is 0 Å². The zero-order valence-electron chi connectivity index (χ0n) is 11.4. The van der Waals surface area contributed by atoms with Crippen molar-refractivity contribution in [1.29, 1.82) is 0 Å². The Balaban J connectivity index is 2.09. The van der Waals surface area contributed by atoms with Crippen molar-refractivity contribution in [2.45, 2.75) is 13.3 Å². The molecule has 2 rings (SSSR count). The summed E-state index contributed by atoms with van der Waals surface area (Å²) in [5.41, 5.74) is 1.06. The molecule has 0 saturated carbocycles. The second kappa shape index (κ2) is 6.30. The minimum atomic E-state index is -0.632. The molecule has 0 heterocycles.